The van der Waals surface area contributed by atoms with Crippen LogP contribution < -0.4 is 5.32 Å². The van der Waals surface area contributed by atoms with Crippen molar-refractivity contribution in [2.45, 2.75) is 64.1 Å². The molecule has 4 unspecified atom stereocenters. The molecule has 106 valence electrons. The van der Waals surface area contributed by atoms with Crippen LogP contribution in [0.15, 0.2) is 0 Å². The van der Waals surface area contributed by atoms with Gasteiger partial charge in [-0.25, -0.2) is 0 Å². The van der Waals surface area contributed by atoms with Crippen LogP contribution in [0.1, 0.15) is 46.5 Å². The third-order valence-corrected chi connectivity index (χ3v) is 4.78. The maximum Gasteiger partial charge on any atom is 0.0611 e. The second kappa shape index (κ2) is 5.48. The normalized spacial score (nSPS) is 32.3. The zero-order valence-electron chi connectivity index (χ0n) is 12.4. The minimum absolute atomic E-state index is 0.107. The van der Waals surface area contributed by atoms with E-state index >= 15 is 0 Å². The van der Waals surface area contributed by atoms with Gasteiger partial charge in [0.25, 0.3) is 0 Å². The van der Waals surface area contributed by atoms with E-state index in [1.165, 1.54) is 25.8 Å². The van der Waals surface area contributed by atoms with E-state index in [-0.39, 0.29) is 12.1 Å². The van der Waals surface area contributed by atoms with Crippen LogP contribution in [0, 0.1) is 11.8 Å². The first-order chi connectivity index (χ1) is 8.43. The molecule has 0 radical (unpaired) electrons. The zero-order chi connectivity index (χ0) is 13.3. The zero-order valence-corrected chi connectivity index (χ0v) is 12.4. The highest BCUT2D eigenvalue weighted by Crippen LogP contribution is 2.38. The molecule has 3 nitrogen and oxygen atoms in total. The topological polar surface area (TPSA) is 35.5 Å². The summed E-state index contributed by atoms with van der Waals surface area (Å²) in [5, 5.41) is 13.3. The van der Waals surface area contributed by atoms with Crippen LogP contribution in [-0.4, -0.2) is 47.8 Å². The van der Waals surface area contributed by atoms with Crippen molar-refractivity contribution in [3.8, 4) is 0 Å². The van der Waals surface area contributed by atoms with Gasteiger partial charge >= 0.3 is 0 Å². The van der Waals surface area contributed by atoms with E-state index in [4.69, 9.17) is 0 Å². The Hall–Kier alpha value is -0.120. The summed E-state index contributed by atoms with van der Waals surface area (Å²) >= 11 is 0. The van der Waals surface area contributed by atoms with E-state index in [0.717, 1.165) is 18.3 Å². The van der Waals surface area contributed by atoms with Crippen LogP contribution in [0.3, 0.4) is 0 Å². The Morgan fingerprint density at radius 2 is 2.06 bits per heavy atom. The first-order valence-corrected chi connectivity index (χ1v) is 7.52. The molecule has 18 heavy (non-hydrogen) atoms. The van der Waals surface area contributed by atoms with Crippen molar-refractivity contribution in [1.29, 1.82) is 0 Å². The lowest BCUT2D eigenvalue weighted by molar-refractivity contribution is 0.122. The Balaban J connectivity index is 1.77. The lowest BCUT2D eigenvalue weighted by Gasteiger charge is -2.35. The summed E-state index contributed by atoms with van der Waals surface area (Å²) in [6.07, 6.45) is 4.98. The molecule has 2 aliphatic rings. The molecule has 0 aromatic carbocycles. The quantitative estimate of drug-likeness (QED) is 0.694. The number of nitrogens with one attached hydrogen (secondary N) is 1. The van der Waals surface area contributed by atoms with Crippen molar-refractivity contribution in [2.75, 3.05) is 20.2 Å². The first kappa shape index (κ1) is 14.3. The summed E-state index contributed by atoms with van der Waals surface area (Å²) in [4.78, 5) is 2.47. The van der Waals surface area contributed by atoms with E-state index in [2.05, 4.69) is 38.0 Å². The van der Waals surface area contributed by atoms with Gasteiger partial charge < -0.3 is 15.3 Å². The summed E-state index contributed by atoms with van der Waals surface area (Å²) in [7, 11) is 2.23. The Kier molecular flexibility index (Phi) is 4.35. The summed E-state index contributed by atoms with van der Waals surface area (Å²) in [5.41, 5.74) is -0.107. The van der Waals surface area contributed by atoms with E-state index in [1.54, 1.807) is 0 Å². The number of hydrogen-bond acceptors (Lipinski definition) is 3. The standard InChI is InChI=1S/C15H30N2O/c1-11-7-13(11)9-17(4)12(2)8-15(3,10-18)16-14-5-6-14/h11-14,16,18H,5-10H2,1-4H3. The summed E-state index contributed by atoms with van der Waals surface area (Å²) < 4.78 is 0. The molecule has 4 atom stereocenters. The van der Waals surface area contributed by atoms with Gasteiger partial charge in [-0.2, -0.15) is 0 Å². The highest BCUT2D eigenvalue weighted by Gasteiger charge is 2.36. The number of rotatable bonds is 8. The Bertz CT molecular complexity index is 280. The molecule has 0 saturated heterocycles. The van der Waals surface area contributed by atoms with Gasteiger partial charge in [-0.05, 0) is 58.4 Å². The van der Waals surface area contributed by atoms with Crippen molar-refractivity contribution in [1.82, 2.24) is 10.2 Å². The Labute approximate surface area is 112 Å². The van der Waals surface area contributed by atoms with Crippen molar-refractivity contribution in [2.24, 2.45) is 11.8 Å². The largest absolute Gasteiger partial charge is 0.394 e. The van der Waals surface area contributed by atoms with E-state index < -0.39 is 0 Å². The lowest BCUT2D eigenvalue weighted by atomic mass is 9.93. The number of nitrogens with zero attached hydrogens (tertiary/aromatic N) is 1. The summed E-state index contributed by atoms with van der Waals surface area (Å²) in [5.74, 6) is 1.84. The predicted molar refractivity (Wildman–Crippen MR) is 75.6 cm³/mol. The summed E-state index contributed by atoms with van der Waals surface area (Å²) in [6.45, 7) is 8.25. The predicted octanol–water partition coefficient (Wildman–Crippen LogP) is 1.86. The molecule has 2 saturated carbocycles. The van der Waals surface area contributed by atoms with Gasteiger partial charge in [0.05, 0.1) is 6.61 Å². The number of aliphatic hydroxyl groups is 1. The van der Waals surface area contributed by atoms with Gasteiger partial charge in [0.1, 0.15) is 0 Å². The van der Waals surface area contributed by atoms with Gasteiger partial charge in [-0.15, -0.1) is 0 Å². The molecule has 0 amide bonds. The fourth-order valence-electron chi connectivity index (χ4n) is 2.90. The third-order valence-electron chi connectivity index (χ3n) is 4.78. The molecule has 3 heteroatoms. The van der Waals surface area contributed by atoms with Gasteiger partial charge in [0.15, 0.2) is 0 Å². The molecule has 2 fully saturated rings. The van der Waals surface area contributed by atoms with Crippen molar-refractivity contribution >= 4 is 0 Å². The highest BCUT2D eigenvalue weighted by molar-refractivity contribution is 4.95. The fraction of sp³-hybridized carbons (Fsp3) is 1.00. The molecule has 0 heterocycles. The average molecular weight is 254 g/mol. The highest BCUT2D eigenvalue weighted by atomic mass is 16.3. The van der Waals surface area contributed by atoms with E-state index in [0.29, 0.717) is 12.1 Å². The van der Waals surface area contributed by atoms with Crippen LogP contribution in [0.2, 0.25) is 0 Å². The molecule has 2 rings (SSSR count). The number of aliphatic hydroxyl groups excluding tert-OH is 1. The fourth-order valence-corrected chi connectivity index (χ4v) is 2.90. The number of hydrogen-bond donors (Lipinski definition) is 2. The Morgan fingerprint density at radius 1 is 1.44 bits per heavy atom. The monoisotopic (exact) mass is 254 g/mol. The van der Waals surface area contributed by atoms with Crippen LogP contribution in [0.25, 0.3) is 0 Å². The van der Waals surface area contributed by atoms with Crippen molar-refractivity contribution in [3.63, 3.8) is 0 Å². The molecule has 0 aromatic heterocycles. The van der Waals surface area contributed by atoms with E-state index in [1.807, 2.05) is 0 Å². The summed E-state index contributed by atoms with van der Waals surface area (Å²) in [6, 6.07) is 1.18. The molecule has 2 aliphatic carbocycles. The van der Waals surface area contributed by atoms with Crippen LogP contribution in [0.4, 0.5) is 0 Å². The van der Waals surface area contributed by atoms with Crippen molar-refractivity contribution in [3.05, 3.63) is 0 Å². The van der Waals surface area contributed by atoms with E-state index in [9.17, 15) is 5.11 Å². The van der Waals surface area contributed by atoms with Gasteiger partial charge in [0.2, 0.25) is 0 Å². The smallest absolute Gasteiger partial charge is 0.0611 e. The Morgan fingerprint density at radius 3 is 2.50 bits per heavy atom. The third kappa shape index (κ3) is 3.94. The SMILES string of the molecule is CC1CC1CN(C)C(C)CC(C)(CO)NC1CC1. The molecule has 0 aromatic rings. The molecular weight excluding hydrogens is 224 g/mol. The van der Waals surface area contributed by atoms with Crippen LogP contribution in [-0.2, 0) is 0 Å². The second-order valence-electron chi connectivity index (χ2n) is 7.10. The van der Waals surface area contributed by atoms with Gasteiger partial charge in [-0.1, -0.05) is 6.92 Å². The second-order valence-corrected chi connectivity index (χ2v) is 7.10. The van der Waals surface area contributed by atoms with Gasteiger partial charge in [-0.3, -0.25) is 0 Å². The van der Waals surface area contributed by atoms with Crippen LogP contribution in [0.5, 0.6) is 0 Å². The van der Waals surface area contributed by atoms with Gasteiger partial charge in [0, 0.05) is 24.2 Å². The maximum absolute atomic E-state index is 9.65. The first-order valence-electron chi connectivity index (χ1n) is 7.52. The lowest BCUT2D eigenvalue weighted by Crippen LogP contribution is -2.51. The average Bonchev–Trinajstić information content (AvgIpc) is 3.20. The molecule has 2 N–H and O–H groups in total. The molecule has 0 spiro atoms. The van der Waals surface area contributed by atoms with Crippen LogP contribution >= 0.6 is 0 Å². The maximum atomic E-state index is 9.65. The molecular formula is C15H30N2O. The minimum atomic E-state index is -0.107. The minimum Gasteiger partial charge on any atom is -0.394 e. The molecule has 0 bridgehead atoms. The molecule has 0 aliphatic heterocycles. The van der Waals surface area contributed by atoms with Crippen molar-refractivity contribution < 1.29 is 5.11 Å².